The fourth-order valence-corrected chi connectivity index (χ4v) is 3.14. The molecule has 1 aliphatic carbocycles. The summed E-state index contributed by atoms with van der Waals surface area (Å²) in [4.78, 5) is 0. The molecule has 0 N–H and O–H groups in total. The molecule has 2 aliphatic rings. The third-order valence-corrected chi connectivity index (χ3v) is 5.34. The highest BCUT2D eigenvalue weighted by atomic mass is 19.3. The molecule has 1 atom stereocenters. The van der Waals surface area contributed by atoms with Gasteiger partial charge in [-0.2, -0.15) is 0 Å². The van der Waals surface area contributed by atoms with Crippen LogP contribution in [0.2, 0.25) is 0 Å². The summed E-state index contributed by atoms with van der Waals surface area (Å²) in [5, 5.41) is 0. The lowest BCUT2D eigenvalue weighted by Gasteiger charge is -2.32. The van der Waals surface area contributed by atoms with Crippen molar-refractivity contribution < 1.29 is 18.1 Å². The lowest BCUT2D eigenvalue weighted by molar-refractivity contribution is 0.00578. The molecule has 5 heteroatoms. The number of rotatable bonds is 2. The van der Waals surface area contributed by atoms with Crippen molar-refractivity contribution >= 4 is 12.6 Å². The number of hydrogen-bond donors (Lipinski definition) is 0. The SMILES string of the molecule is CC1(C)OB(c2ccc(C3CCC(F)(F)C3)cc2)OC1(C)C. The van der Waals surface area contributed by atoms with E-state index in [4.69, 9.17) is 9.31 Å². The molecule has 0 radical (unpaired) electrons. The number of benzene rings is 1. The first kappa shape index (κ1) is 15.9. The van der Waals surface area contributed by atoms with Crippen molar-refractivity contribution in [1.29, 1.82) is 0 Å². The van der Waals surface area contributed by atoms with Gasteiger partial charge in [-0.25, -0.2) is 8.78 Å². The van der Waals surface area contributed by atoms with Crippen LogP contribution in [0.25, 0.3) is 0 Å². The van der Waals surface area contributed by atoms with Crippen LogP contribution in [-0.2, 0) is 9.31 Å². The largest absolute Gasteiger partial charge is 0.494 e. The topological polar surface area (TPSA) is 18.5 Å². The molecule has 0 amide bonds. The number of hydrogen-bond acceptors (Lipinski definition) is 2. The molecule has 1 heterocycles. The van der Waals surface area contributed by atoms with Gasteiger partial charge in [-0.15, -0.1) is 0 Å². The second-order valence-corrected chi connectivity index (χ2v) is 7.55. The molecule has 0 bridgehead atoms. The van der Waals surface area contributed by atoms with E-state index in [0.717, 1.165) is 11.0 Å². The highest BCUT2D eigenvalue weighted by Crippen LogP contribution is 2.44. The zero-order chi connectivity index (χ0) is 16.2. The minimum Gasteiger partial charge on any atom is -0.399 e. The van der Waals surface area contributed by atoms with Crippen molar-refractivity contribution in [2.24, 2.45) is 0 Å². The third-order valence-electron chi connectivity index (χ3n) is 5.34. The van der Waals surface area contributed by atoms with Crippen molar-refractivity contribution in [3.05, 3.63) is 29.8 Å². The van der Waals surface area contributed by atoms with Gasteiger partial charge in [0.2, 0.25) is 5.92 Å². The molecule has 22 heavy (non-hydrogen) atoms. The van der Waals surface area contributed by atoms with Crippen LogP contribution in [0.3, 0.4) is 0 Å². The Morgan fingerprint density at radius 2 is 1.55 bits per heavy atom. The van der Waals surface area contributed by atoms with E-state index in [1.807, 2.05) is 52.0 Å². The lowest BCUT2D eigenvalue weighted by atomic mass is 9.78. The Labute approximate surface area is 131 Å². The third kappa shape index (κ3) is 2.81. The molecule has 120 valence electrons. The van der Waals surface area contributed by atoms with Crippen LogP contribution in [0.5, 0.6) is 0 Å². The first-order valence-corrected chi connectivity index (χ1v) is 7.93. The quantitative estimate of drug-likeness (QED) is 0.772. The average Bonchev–Trinajstić information content (AvgIpc) is 2.87. The van der Waals surface area contributed by atoms with Crippen molar-refractivity contribution in [2.45, 2.75) is 70.0 Å². The van der Waals surface area contributed by atoms with Gasteiger partial charge in [-0.1, -0.05) is 24.3 Å². The summed E-state index contributed by atoms with van der Waals surface area (Å²) in [5.41, 5.74) is 1.18. The molecule has 0 aromatic heterocycles. The van der Waals surface area contributed by atoms with E-state index in [0.29, 0.717) is 6.42 Å². The van der Waals surface area contributed by atoms with Crippen molar-refractivity contribution in [1.82, 2.24) is 0 Å². The second-order valence-electron chi connectivity index (χ2n) is 7.55. The van der Waals surface area contributed by atoms with Gasteiger partial charge in [0.25, 0.3) is 0 Å². The molecule has 1 saturated heterocycles. The van der Waals surface area contributed by atoms with Crippen LogP contribution >= 0.6 is 0 Å². The molecule has 3 rings (SSSR count). The standard InChI is InChI=1S/C17H23BF2O2/c1-15(2)16(3,4)22-18(21-15)14-7-5-12(6-8-14)13-9-10-17(19,20)11-13/h5-8,13H,9-11H2,1-4H3. The maximum atomic E-state index is 13.3. The molecule has 2 fully saturated rings. The van der Waals surface area contributed by atoms with Gasteiger partial charge < -0.3 is 9.31 Å². The highest BCUT2D eigenvalue weighted by Gasteiger charge is 2.51. The van der Waals surface area contributed by atoms with Crippen molar-refractivity contribution in [2.75, 3.05) is 0 Å². The minimum atomic E-state index is -2.50. The molecule has 1 aromatic carbocycles. The smallest absolute Gasteiger partial charge is 0.399 e. The maximum Gasteiger partial charge on any atom is 0.494 e. The Morgan fingerprint density at radius 1 is 1.00 bits per heavy atom. The van der Waals surface area contributed by atoms with E-state index >= 15 is 0 Å². The Bertz CT molecular complexity index is 538. The lowest BCUT2D eigenvalue weighted by Crippen LogP contribution is -2.41. The molecule has 1 saturated carbocycles. The Hall–Kier alpha value is -0.935. The molecule has 1 unspecified atom stereocenters. The fourth-order valence-electron chi connectivity index (χ4n) is 3.14. The maximum absolute atomic E-state index is 13.3. The predicted molar refractivity (Wildman–Crippen MR) is 83.7 cm³/mol. The molecule has 1 aromatic rings. The molecule has 1 aliphatic heterocycles. The summed E-state index contributed by atoms with van der Waals surface area (Å²) in [5.74, 6) is -2.54. The summed E-state index contributed by atoms with van der Waals surface area (Å²) in [6.07, 6.45) is 0.516. The first-order chi connectivity index (χ1) is 10.1. The molecular weight excluding hydrogens is 285 g/mol. The van der Waals surface area contributed by atoms with Gasteiger partial charge in [-0.05, 0) is 51.1 Å². The normalized spacial score (nSPS) is 29.0. The minimum absolute atomic E-state index is 0.00333. The van der Waals surface area contributed by atoms with Gasteiger partial charge in [-0.3, -0.25) is 0 Å². The summed E-state index contributed by atoms with van der Waals surface area (Å²) in [6.45, 7) is 8.06. The monoisotopic (exact) mass is 308 g/mol. The number of alkyl halides is 2. The zero-order valence-corrected chi connectivity index (χ0v) is 13.7. The van der Waals surface area contributed by atoms with Crippen LogP contribution in [0.4, 0.5) is 8.78 Å². The van der Waals surface area contributed by atoms with E-state index < -0.39 is 13.0 Å². The second kappa shape index (κ2) is 5.03. The number of halogens is 2. The van der Waals surface area contributed by atoms with Crippen LogP contribution in [-0.4, -0.2) is 24.2 Å². The first-order valence-electron chi connectivity index (χ1n) is 7.93. The van der Waals surface area contributed by atoms with Crippen molar-refractivity contribution in [3.63, 3.8) is 0 Å². The summed E-state index contributed by atoms with van der Waals surface area (Å²) < 4.78 is 38.7. The van der Waals surface area contributed by atoms with Crippen LogP contribution in [0, 0.1) is 0 Å². The predicted octanol–water partition coefficient (Wildman–Crippen LogP) is 3.89. The van der Waals surface area contributed by atoms with E-state index in [1.165, 1.54) is 0 Å². The van der Waals surface area contributed by atoms with E-state index in [9.17, 15) is 8.78 Å². The highest BCUT2D eigenvalue weighted by molar-refractivity contribution is 6.62. The van der Waals surface area contributed by atoms with Crippen LogP contribution in [0.15, 0.2) is 24.3 Å². The fraction of sp³-hybridized carbons (Fsp3) is 0.647. The van der Waals surface area contributed by atoms with Gasteiger partial charge in [0.05, 0.1) is 11.2 Å². The Morgan fingerprint density at radius 3 is 2.00 bits per heavy atom. The van der Waals surface area contributed by atoms with E-state index in [1.54, 1.807) is 0 Å². The Balaban J connectivity index is 1.73. The van der Waals surface area contributed by atoms with Crippen LogP contribution < -0.4 is 5.46 Å². The summed E-state index contributed by atoms with van der Waals surface area (Å²) in [7, 11) is -0.399. The molecular formula is C17H23BF2O2. The van der Waals surface area contributed by atoms with E-state index in [2.05, 4.69) is 0 Å². The summed E-state index contributed by atoms with van der Waals surface area (Å²) in [6, 6.07) is 7.75. The van der Waals surface area contributed by atoms with Gasteiger partial charge in [0.15, 0.2) is 0 Å². The molecule has 2 nitrogen and oxygen atoms in total. The molecule has 0 spiro atoms. The average molecular weight is 308 g/mol. The van der Waals surface area contributed by atoms with Crippen molar-refractivity contribution in [3.8, 4) is 0 Å². The Kier molecular flexibility index (Phi) is 3.65. The summed E-state index contributed by atoms with van der Waals surface area (Å²) >= 11 is 0. The zero-order valence-electron chi connectivity index (χ0n) is 13.7. The van der Waals surface area contributed by atoms with Gasteiger partial charge in [0.1, 0.15) is 0 Å². The van der Waals surface area contributed by atoms with Gasteiger partial charge in [0, 0.05) is 12.8 Å². The van der Waals surface area contributed by atoms with E-state index in [-0.39, 0.29) is 30.0 Å². The van der Waals surface area contributed by atoms with Crippen LogP contribution in [0.1, 0.15) is 58.4 Å². The van der Waals surface area contributed by atoms with Gasteiger partial charge >= 0.3 is 7.12 Å².